The zero-order valence-electron chi connectivity index (χ0n) is 10.1. The van der Waals surface area contributed by atoms with Gasteiger partial charge in [0.2, 0.25) is 0 Å². The van der Waals surface area contributed by atoms with Crippen LogP contribution in [0.5, 0.6) is 5.75 Å². The number of ether oxygens (including phenoxy) is 1. The lowest BCUT2D eigenvalue weighted by Crippen LogP contribution is -2.39. The smallest absolute Gasteiger partial charge is 0.309 e. The van der Waals surface area contributed by atoms with Crippen LogP contribution in [0.1, 0.15) is 31.7 Å². The predicted molar refractivity (Wildman–Crippen MR) is 65.2 cm³/mol. The van der Waals surface area contributed by atoms with E-state index in [1.807, 2.05) is 31.2 Å². The van der Waals surface area contributed by atoms with E-state index in [9.17, 15) is 9.90 Å². The van der Waals surface area contributed by atoms with E-state index in [0.717, 1.165) is 30.6 Å². The van der Waals surface area contributed by atoms with Gasteiger partial charge in [0, 0.05) is 0 Å². The van der Waals surface area contributed by atoms with Gasteiger partial charge in [-0.2, -0.15) is 0 Å². The SMILES string of the molecule is CCOc1ccc(CC2(C(=O)O)CCC2)cc1. The number of carbonyl (C=O) groups is 1. The van der Waals surface area contributed by atoms with Crippen LogP contribution >= 0.6 is 0 Å². The quantitative estimate of drug-likeness (QED) is 0.852. The summed E-state index contributed by atoms with van der Waals surface area (Å²) in [6.45, 7) is 2.60. The molecule has 1 aliphatic rings. The monoisotopic (exact) mass is 234 g/mol. The van der Waals surface area contributed by atoms with Crippen LogP contribution in [0.2, 0.25) is 0 Å². The maximum absolute atomic E-state index is 11.3. The molecule has 2 rings (SSSR count). The average molecular weight is 234 g/mol. The zero-order chi connectivity index (χ0) is 12.3. The molecule has 0 amide bonds. The van der Waals surface area contributed by atoms with Gasteiger partial charge in [-0.15, -0.1) is 0 Å². The van der Waals surface area contributed by atoms with Crippen molar-refractivity contribution in [1.29, 1.82) is 0 Å². The van der Waals surface area contributed by atoms with E-state index in [1.165, 1.54) is 0 Å². The number of carboxylic acid groups (broad SMARTS) is 1. The van der Waals surface area contributed by atoms with Gasteiger partial charge in [0.25, 0.3) is 0 Å². The number of carboxylic acids is 1. The highest BCUT2D eigenvalue weighted by Gasteiger charge is 2.44. The fourth-order valence-corrected chi connectivity index (χ4v) is 2.33. The van der Waals surface area contributed by atoms with Crippen molar-refractivity contribution in [1.82, 2.24) is 0 Å². The van der Waals surface area contributed by atoms with E-state index in [-0.39, 0.29) is 0 Å². The van der Waals surface area contributed by atoms with Crippen molar-refractivity contribution in [3.63, 3.8) is 0 Å². The molecule has 1 saturated carbocycles. The molecule has 1 aromatic carbocycles. The molecule has 0 saturated heterocycles. The van der Waals surface area contributed by atoms with Gasteiger partial charge >= 0.3 is 5.97 Å². The standard InChI is InChI=1S/C14H18O3/c1-2-17-12-6-4-11(5-7-12)10-14(13(15)16)8-3-9-14/h4-7H,2-3,8-10H2,1H3,(H,15,16). The van der Waals surface area contributed by atoms with Crippen LogP contribution in [0.15, 0.2) is 24.3 Å². The molecule has 0 atom stereocenters. The Balaban J connectivity index is 2.05. The molecular formula is C14H18O3. The highest BCUT2D eigenvalue weighted by atomic mass is 16.5. The summed E-state index contributed by atoms with van der Waals surface area (Å²) in [6.07, 6.45) is 3.27. The Bertz CT molecular complexity index is 390. The van der Waals surface area contributed by atoms with Crippen molar-refractivity contribution in [2.24, 2.45) is 5.41 Å². The van der Waals surface area contributed by atoms with Crippen LogP contribution in [0.3, 0.4) is 0 Å². The van der Waals surface area contributed by atoms with Crippen molar-refractivity contribution >= 4 is 5.97 Å². The maximum Gasteiger partial charge on any atom is 0.309 e. The van der Waals surface area contributed by atoms with Crippen molar-refractivity contribution < 1.29 is 14.6 Å². The van der Waals surface area contributed by atoms with E-state index >= 15 is 0 Å². The second-order valence-corrected chi connectivity index (χ2v) is 4.69. The molecule has 0 aromatic heterocycles. The van der Waals surface area contributed by atoms with Gasteiger partial charge in [0.15, 0.2) is 0 Å². The fourth-order valence-electron chi connectivity index (χ4n) is 2.33. The van der Waals surface area contributed by atoms with E-state index in [4.69, 9.17) is 4.74 Å². The summed E-state index contributed by atoms with van der Waals surface area (Å²) in [5, 5.41) is 9.26. The number of benzene rings is 1. The summed E-state index contributed by atoms with van der Waals surface area (Å²) in [5.74, 6) is 0.187. The van der Waals surface area contributed by atoms with Crippen LogP contribution in [0.4, 0.5) is 0 Å². The maximum atomic E-state index is 11.3. The first-order valence-electron chi connectivity index (χ1n) is 6.11. The van der Waals surface area contributed by atoms with Crippen LogP contribution < -0.4 is 4.74 Å². The average Bonchev–Trinajstić information content (AvgIpc) is 2.25. The molecule has 0 bridgehead atoms. The molecule has 0 heterocycles. The molecule has 3 heteroatoms. The highest BCUT2D eigenvalue weighted by molar-refractivity contribution is 5.76. The summed E-state index contributed by atoms with van der Waals surface area (Å²) < 4.78 is 5.36. The molecule has 1 fully saturated rings. The van der Waals surface area contributed by atoms with Crippen molar-refractivity contribution in [3.05, 3.63) is 29.8 Å². The van der Waals surface area contributed by atoms with Crippen molar-refractivity contribution in [2.45, 2.75) is 32.6 Å². The van der Waals surface area contributed by atoms with Gasteiger partial charge < -0.3 is 9.84 Å². The lowest BCUT2D eigenvalue weighted by molar-refractivity contribution is -0.154. The predicted octanol–water partition coefficient (Wildman–Crippen LogP) is 2.88. The second kappa shape index (κ2) is 4.78. The number of aliphatic carboxylic acids is 1. The van der Waals surface area contributed by atoms with E-state index in [1.54, 1.807) is 0 Å². The summed E-state index contributed by atoms with van der Waals surface area (Å²) in [4.78, 5) is 11.3. The Morgan fingerprint density at radius 3 is 2.41 bits per heavy atom. The molecule has 0 radical (unpaired) electrons. The topological polar surface area (TPSA) is 46.5 Å². The molecule has 1 aliphatic carbocycles. The largest absolute Gasteiger partial charge is 0.494 e. The van der Waals surface area contributed by atoms with E-state index < -0.39 is 11.4 Å². The summed E-state index contributed by atoms with van der Waals surface area (Å²) >= 11 is 0. The first-order chi connectivity index (χ1) is 8.16. The minimum atomic E-state index is -0.655. The second-order valence-electron chi connectivity index (χ2n) is 4.69. The summed E-state index contributed by atoms with van der Waals surface area (Å²) in [5.41, 5.74) is 0.572. The van der Waals surface area contributed by atoms with Gasteiger partial charge in [-0.1, -0.05) is 18.6 Å². The third-order valence-corrected chi connectivity index (χ3v) is 3.54. The van der Waals surface area contributed by atoms with Crippen LogP contribution in [0, 0.1) is 5.41 Å². The van der Waals surface area contributed by atoms with Crippen LogP contribution in [-0.2, 0) is 11.2 Å². The minimum Gasteiger partial charge on any atom is -0.494 e. The minimum absolute atomic E-state index is 0.507. The molecule has 1 N–H and O–H groups in total. The molecule has 0 aliphatic heterocycles. The zero-order valence-corrected chi connectivity index (χ0v) is 10.1. The van der Waals surface area contributed by atoms with Gasteiger partial charge in [-0.25, -0.2) is 0 Å². The molecule has 17 heavy (non-hydrogen) atoms. The lowest BCUT2D eigenvalue weighted by atomic mass is 9.65. The third-order valence-electron chi connectivity index (χ3n) is 3.54. The van der Waals surface area contributed by atoms with Gasteiger partial charge in [-0.3, -0.25) is 4.79 Å². The molecule has 0 spiro atoms. The Kier molecular flexibility index (Phi) is 3.36. The Morgan fingerprint density at radius 2 is 2.00 bits per heavy atom. The van der Waals surface area contributed by atoms with E-state index in [0.29, 0.717) is 13.0 Å². The van der Waals surface area contributed by atoms with Gasteiger partial charge in [0.1, 0.15) is 5.75 Å². The number of hydrogen-bond acceptors (Lipinski definition) is 2. The summed E-state index contributed by atoms with van der Waals surface area (Å²) in [7, 11) is 0. The molecule has 3 nitrogen and oxygen atoms in total. The Labute approximate surface area is 101 Å². The van der Waals surface area contributed by atoms with E-state index in [2.05, 4.69) is 0 Å². The molecule has 92 valence electrons. The summed E-state index contributed by atoms with van der Waals surface area (Å²) in [6, 6.07) is 7.75. The lowest BCUT2D eigenvalue weighted by Gasteiger charge is -2.37. The molecular weight excluding hydrogens is 216 g/mol. The fraction of sp³-hybridized carbons (Fsp3) is 0.500. The van der Waals surface area contributed by atoms with Crippen LogP contribution in [-0.4, -0.2) is 17.7 Å². The Hall–Kier alpha value is -1.51. The highest BCUT2D eigenvalue weighted by Crippen LogP contribution is 2.44. The first-order valence-corrected chi connectivity index (χ1v) is 6.11. The molecule has 1 aromatic rings. The van der Waals surface area contributed by atoms with Gasteiger partial charge in [0.05, 0.1) is 12.0 Å². The molecule has 0 unspecified atom stereocenters. The first kappa shape index (κ1) is 12.0. The van der Waals surface area contributed by atoms with Crippen molar-refractivity contribution in [2.75, 3.05) is 6.61 Å². The van der Waals surface area contributed by atoms with Gasteiger partial charge in [-0.05, 0) is 43.9 Å². The third kappa shape index (κ3) is 2.43. The number of rotatable bonds is 5. The van der Waals surface area contributed by atoms with Crippen molar-refractivity contribution in [3.8, 4) is 5.75 Å². The number of hydrogen-bond donors (Lipinski definition) is 1. The normalized spacial score (nSPS) is 17.2. The van der Waals surface area contributed by atoms with Crippen LogP contribution in [0.25, 0.3) is 0 Å². The Morgan fingerprint density at radius 1 is 1.35 bits per heavy atom.